The first-order chi connectivity index (χ1) is 6.92. The maximum Gasteiger partial charge on any atom is 0.145 e. The summed E-state index contributed by atoms with van der Waals surface area (Å²) in [5.41, 5.74) is 0. The van der Waals surface area contributed by atoms with Crippen LogP contribution < -0.4 is 5.32 Å². The van der Waals surface area contributed by atoms with Gasteiger partial charge in [0, 0.05) is 24.9 Å². The molecule has 2 atom stereocenters. The molecule has 0 radical (unpaired) electrons. The highest BCUT2D eigenvalue weighted by Gasteiger charge is 2.27. The van der Waals surface area contributed by atoms with E-state index >= 15 is 0 Å². The Hall–Kier alpha value is -1.00. The first-order valence-electron chi connectivity index (χ1n) is 4.93. The molecule has 1 fully saturated rings. The van der Waals surface area contributed by atoms with Gasteiger partial charge < -0.3 is 10.1 Å². The van der Waals surface area contributed by atoms with E-state index in [1.54, 1.807) is 12.4 Å². The van der Waals surface area contributed by atoms with Crippen molar-refractivity contribution in [2.75, 3.05) is 20.3 Å². The minimum atomic E-state index is 0.221. The number of rotatable bonds is 3. The zero-order valence-corrected chi connectivity index (χ0v) is 8.31. The summed E-state index contributed by atoms with van der Waals surface area (Å²) in [6.45, 7) is 1.67. The predicted octanol–water partition coefficient (Wildman–Crippen LogP) is 0.774. The molecule has 0 saturated carbocycles. The normalized spacial score (nSPS) is 23.6. The van der Waals surface area contributed by atoms with E-state index in [1.165, 1.54) is 0 Å². The SMILES string of the molecule is CNC(c1ncccn1)C1CCOC1. The van der Waals surface area contributed by atoms with Gasteiger partial charge in [0.15, 0.2) is 0 Å². The molecule has 1 aromatic rings. The Morgan fingerprint density at radius 3 is 2.86 bits per heavy atom. The van der Waals surface area contributed by atoms with Crippen molar-refractivity contribution in [1.82, 2.24) is 15.3 Å². The lowest BCUT2D eigenvalue weighted by molar-refractivity contribution is 0.176. The highest BCUT2D eigenvalue weighted by Crippen LogP contribution is 2.25. The van der Waals surface area contributed by atoms with Gasteiger partial charge in [0.25, 0.3) is 0 Å². The van der Waals surface area contributed by atoms with Crippen LogP contribution in [0, 0.1) is 5.92 Å². The average molecular weight is 193 g/mol. The van der Waals surface area contributed by atoms with Crippen LogP contribution in [0.1, 0.15) is 18.3 Å². The molecule has 1 saturated heterocycles. The third kappa shape index (κ3) is 1.91. The number of nitrogens with zero attached hydrogens (tertiary/aromatic N) is 2. The van der Waals surface area contributed by atoms with Gasteiger partial charge in [-0.25, -0.2) is 9.97 Å². The molecule has 0 amide bonds. The molecular weight excluding hydrogens is 178 g/mol. The fraction of sp³-hybridized carbons (Fsp3) is 0.600. The van der Waals surface area contributed by atoms with Crippen molar-refractivity contribution in [2.45, 2.75) is 12.5 Å². The second-order valence-corrected chi connectivity index (χ2v) is 3.50. The van der Waals surface area contributed by atoms with Gasteiger partial charge >= 0.3 is 0 Å². The van der Waals surface area contributed by atoms with E-state index in [9.17, 15) is 0 Å². The maximum absolute atomic E-state index is 5.37. The molecule has 14 heavy (non-hydrogen) atoms. The van der Waals surface area contributed by atoms with Gasteiger partial charge in [0.05, 0.1) is 12.6 Å². The number of nitrogens with one attached hydrogen (secondary N) is 1. The summed E-state index contributed by atoms with van der Waals surface area (Å²) < 4.78 is 5.37. The number of hydrogen-bond acceptors (Lipinski definition) is 4. The van der Waals surface area contributed by atoms with Crippen molar-refractivity contribution in [2.24, 2.45) is 5.92 Å². The highest BCUT2D eigenvalue weighted by atomic mass is 16.5. The van der Waals surface area contributed by atoms with Gasteiger partial charge in [-0.1, -0.05) is 0 Å². The molecule has 2 rings (SSSR count). The second-order valence-electron chi connectivity index (χ2n) is 3.50. The van der Waals surface area contributed by atoms with Crippen LogP contribution in [-0.4, -0.2) is 30.2 Å². The van der Waals surface area contributed by atoms with Crippen molar-refractivity contribution in [3.63, 3.8) is 0 Å². The Morgan fingerprint density at radius 2 is 2.29 bits per heavy atom. The van der Waals surface area contributed by atoms with E-state index in [0.29, 0.717) is 5.92 Å². The van der Waals surface area contributed by atoms with Gasteiger partial charge in [0.2, 0.25) is 0 Å². The lowest BCUT2D eigenvalue weighted by Crippen LogP contribution is -2.27. The van der Waals surface area contributed by atoms with Crippen molar-refractivity contribution < 1.29 is 4.74 Å². The lowest BCUT2D eigenvalue weighted by atomic mass is 9.98. The molecule has 1 aliphatic rings. The van der Waals surface area contributed by atoms with Crippen LogP contribution in [-0.2, 0) is 4.74 Å². The minimum absolute atomic E-state index is 0.221. The van der Waals surface area contributed by atoms with Gasteiger partial charge in [-0.15, -0.1) is 0 Å². The van der Waals surface area contributed by atoms with E-state index in [1.807, 2.05) is 13.1 Å². The van der Waals surface area contributed by atoms with Gasteiger partial charge in [-0.05, 0) is 19.5 Å². The Kier molecular flexibility index (Phi) is 3.06. The average Bonchev–Trinajstić information content (AvgIpc) is 2.74. The Labute approximate surface area is 83.7 Å². The smallest absolute Gasteiger partial charge is 0.145 e. The summed E-state index contributed by atoms with van der Waals surface area (Å²) in [6, 6.07) is 2.06. The monoisotopic (exact) mass is 193 g/mol. The molecule has 2 heterocycles. The minimum Gasteiger partial charge on any atom is -0.381 e. The summed E-state index contributed by atoms with van der Waals surface area (Å²) in [7, 11) is 1.94. The van der Waals surface area contributed by atoms with Crippen molar-refractivity contribution >= 4 is 0 Å². The number of hydrogen-bond donors (Lipinski definition) is 1. The van der Waals surface area contributed by atoms with E-state index in [0.717, 1.165) is 25.5 Å². The van der Waals surface area contributed by atoms with E-state index < -0.39 is 0 Å². The van der Waals surface area contributed by atoms with Crippen molar-refractivity contribution in [1.29, 1.82) is 0 Å². The summed E-state index contributed by atoms with van der Waals surface area (Å²) in [4.78, 5) is 8.53. The number of ether oxygens (including phenoxy) is 1. The van der Waals surface area contributed by atoms with E-state index in [2.05, 4.69) is 15.3 Å². The molecule has 2 unspecified atom stereocenters. The standard InChI is InChI=1S/C10H15N3O/c1-11-9(8-3-6-14-7-8)10-12-4-2-5-13-10/h2,4-5,8-9,11H,3,6-7H2,1H3. The van der Waals surface area contributed by atoms with Gasteiger partial charge in [-0.3, -0.25) is 0 Å². The van der Waals surface area contributed by atoms with Crippen LogP contribution in [0.25, 0.3) is 0 Å². The summed E-state index contributed by atoms with van der Waals surface area (Å²) in [5, 5.41) is 3.26. The van der Waals surface area contributed by atoms with Crippen LogP contribution in [0.5, 0.6) is 0 Å². The quantitative estimate of drug-likeness (QED) is 0.770. The summed E-state index contributed by atoms with van der Waals surface area (Å²) in [6.07, 6.45) is 4.65. The summed E-state index contributed by atoms with van der Waals surface area (Å²) >= 11 is 0. The molecule has 4 nitrogen and oxygen atoms in total. The molecule has 0 aromatic carbocycles. The Balaban J connectivity index is 2.12. The van der Waals surface area contributed by atoms with Crippen LogP contribution in [0.3, 0.4) is 0 Å². The molecule has 1 aromatic heterocycles. The van der Waals surface area contributed by atoms with Crippen LogP contribution in [0.15, 0.2) is 18.5 Å². The molecule has 1 aliphatic heterocycles. The molecule has 0 spiro atoms. The third-order valence-electron chi connectivity index (χ3n) is 2.61. The van der Waals surface area contributed by atoms with Gasteiger partial charge in [0.1, 0.15) is 5.82 Å². The van der Waals surface area contributed by atoms with E-state index in [-0.39, 0.29) is 6.04 Å². The molecular formula is C10H15N3O. The first kappa shape index (κ1) is 9.55. The zero-order chi connectivity index (χ0) is 9.80. The van der Waals surface area contributed by atoms with Crippen molar-refractivity contribution in [3.8, 4) is 0 Å². The molecule has 76 valence electrons. The molecule has 0 aliphatic carbocycles. The predicted molar refractivity (Wildman–Crippen MR) is 52.8 cm³/mol. The van der Waals surface area contributed by atoms with Crippen LogP contribution in [0.2, 0.25) is 0 Å². The Bertz CT molecular complexity index is 272. The fourth-order valence-corrected chi connectivity index (χ4v) is 1.86. The van der Waals surface area contributed by atoms with Gasteiger partial charge in [-0.2, -0.15) is 0 Å². The first-order valence-corrected chi connectivity index (χ1v) is 4.93. The highest BCUT2D eigenvalue weighted by molar-refractivity contribution is 4.98. The Morgan fingerprint density at radius 1 is 1.50 bits per heavy atom. The molecule has 1 N–H and O–H groups in total. The second kappa shape index (κ2) is 4.48. The van der Waals surface area contributed by atoms with Crippen LogP contribution in [0.4, 0.5) is 0 Å². The number of aromatic nitrogens is 2. The fourth-order valence-electron chi connectivity index (χ4n) is 1.86. The summed E-state index contributed by atoms with van der Waals surface area (Å²) in [5.74, 6) is 1.37. The van der Waals surface area contributed by atoms with Crippen LogP contribution >= 0.6 is 0 Å². The lowest BCUT2D eigenvalue weighted by Gasteiger charge is -2.19. The van der Waals surface area contributed by atoms with Crippen molar-refractivity contribution in [3.05, 3.63) is 24.3 Å². The third-order valence-corrected chi connectivity index (χ3v) is 2.61. The molecule has 0 bridgehead atoms. The topological polar surface area (TPSA) is 47.0 Å². The largest absolute Gasteiger partial charge is 0.381 e. The zero-order valence-electron chi connectivity index (χ0n) is 8.31. The maximum atomic E-state index is 5.37. The molecule has 4 heteroatoms. The van der Waals surface area contributed by atoms with E-state index in [4.69, 9.17) is 4.74 Å².